The van der Waals surface area contributed by atoms with Gasteiger partial charge in [-0.25, -0.2) is 0 Å². The highest BCUT2D eigenvalue weighted by molar-refractivity contribution is 5.93. The summed E-state index contributed by atoms with van der Waals surface area (Å²) in [6.45, 7) is 2.52. The van der Waals surface area contributed by atoms with Crippen molar-refractivity contribution in [2.45, 2.75) is 50.8 Å². The van der Waals surface area contributed by atoms with Crippen LogP contribution < -0.4 is 10.6 Å². The maximum atomic E-state index is 12.5. The highest BCUT2D eigenvalue weighted by atomic mass is 16.3. The lowest BCUT2D eigenvalue weighted by Gasteiger charge is -2.30. The molecular weight excluding hydrogens is 392 g/mol. The molecule has 164 valence electrons. The number of aliphatic hydroxyl groups excluding tert-OH is 1. The molecule has 1 fully saturated rings. The van der Waals surface area contributed by atoms with E-state index >= 15 is 0 Å². The SMILES string of the molecule is O=C(NC[C@@H](O)[C@@H]1Cc2ccccc2CN1)c1ccc(CC(=O)N2CCCCC2)nc1. The summed E-state index contributed by atoms with van der Waals surface area (Å²) >= 11 is 0. The molecule has 2 aromatic rings. The summed E-state index contributed by atoms with van der Waals surface area (Å²) in [7, 11) is 0. The van der Waals surface area contributed by atoms with Gasteiger partial charge in [0.2, 0.25) is 5.91 Å². The quantitative estimate of drug-likeness (QED) is 0.655. The van der Waals surface area contributed by atoms with Gasteiger partial charge in [0.1, 0.15) is 0 Å². The summed E-state index contributed by atoms with van der Waals surface area (Å²) in [5.74, 6) is -0.189. The molecule has 2 aliphatic rings. The molecule has 0 unspecified atom stereocenters. The van der Waals surface area contributed by atoms with E-state index in [0.717, 1.165) is 32.4 Å². The monoisotopic (exact) mass is 422 g/mol. The molecule has 4 rings (SSSR count). The molecule has 0 aliphatic carbocycles. The number of amides is 2. The summed E-state index contributed by atoms with van der Waals surface area (Å²) in [5.41, 5.74) is 3.57. The third-order valence-electron chi connectivity index (χ3n) is 6.18. The summed E-state index contributed by atoms with van der Waals surface area (Å²) < 4.78 is 0. The van der Waals surface area contributed by atoms with Gasteiger partial charge in [0.25, 0.3) is 5.91 Å². The maximum absolute atomic E-state index is 12.5. The van der Waals surface area contributed by atoms with Crippen LogP contribution >= 0.6 is 0 Å². The standard InChI is InChI=1S/C24H30N4O3/c29-22(21-12-17-6-2-3-7-18(17)14-26-21)16-27-24(31)19-8-9-20(25-15-19)13-23(30)28-10-4-1-5-11-28/h2-3,6-9,15,21-22,26,29H,1,4-5,10-14,16H2,(H,27,31)/t21-,22+/m0/s1. The summed E-state index contributed by atoms with van der Waals surface area (Å²) in [6.07, 6.45) is 5.11. The Labute approximate surface area is 182 Å². The number of nitrogens with one attached hydrogen (secondary N) is 2. The predicted molar refractivity (Wildman–Crippen MR) is 117 cm³/mol. The number of hydrogen-bond acceptors (Lipinski definition) is 5. The van der Waals surface area contributed by atoms with Crippen molar-refractivity contribution in [2.75, 3.05) is 19.6 Å². The fourth-order valence-corrected chi connectivity index (χ4v) is 4.27. The molecule has 0 saturated carbocycles. The zero-order chi connectivity index (χ0) is 21.6. The second-order valence-corrected chi connectivity index (χ2v) is 8.39. The largest absolute Gasteiger partial charge is 0.390 e. The van der Waals surface area contributed by atoms with E-state index in [9.17, 15) is 14.7 Å². The van der Waals surface area contributed by atoms with E-state index in [1.165, 1.54) is 23.7 Å². The van der Waals surface area contributed by atoms with Gasteiger partial charge in [-0.2, -0.15) is 0 Å². The molecule has 7 heteroatoms. The number of aromatic nitrogens is 1. The maximum Gasteiger partial charge on any atom is 0.252 e. The van der Waals surface area contributed by atoms with Crippen LogP contribution in [0.1, 0.15) is 46.4 Å². The molecule has 2 aliphatic heterocycles. The first kappa shape index (κ1) is 21.5. The van der Waals surface area contributed by atoms with Gasteiger partial charge in [0, 0.05) is 44.1 Å². The minimum Gasteiger partial charge on any atom is -0.390 e. The first-order chi connectivity index (χ1) is 15.1. The number of hydrogen-bond donors (Lipinski definition) is 3. The van der Waals surface area contributed by atoms with Crippen molar-refractivity contribution < 1.29 is 14.7 Å². The van der Waals surface area contributed by atoms with Crippen molar-refractivity contribution >= 4 is 11.8 Å². The van der Waals surface area contributed by atoms with Gasteiger partial charge >= 0.3 is 0 Å². The van der Waals surface area contributed by atoms with Crippen LogP contribution in [0.5, 0.6) is 0 Å². The number of likely N-dealkylation sites (tertiary alicyclic amines) is 1. The van der Waals surface area contributed by atoms with Crippen molar-refractivity contribution in [3.8, 4) is 0 Å². The first-order valence-corrected chi connectivity index (χ1v) is 11.1. The van der Waals surface area contributed by atoms with Gasteiger partial charge in [-0.1, -0.05) is 24.3 Å². The van der Waals surface area contributed by atoms with Crippen molar-refractivity contribution in [1.29, 1.82) is 0 Å². The number of carbonyl (C=O) groups is 2. The average Bonchev–Trinajstić information content (AvgIpc) is 2.83. The van der Waals surface area contributed by atoms with Crippen LogP contribution in [-0.4, -0.2) is 58.6 Å². The first-order valence-electron chi connectivity index (χ1n) is 11.1. The highest BCUT2D eigenvalue weighted by Crippen LogP contribution is 2.18. The second kappa shape index (κ2) is 10.0. The summed E-state index contributed by atoms with van der Waals surface area (Å²) in [5, 5.41) is 16.7. The number of fused-ring (bicyclic) bond motifs is 1. The van der Waals surface area contributed by atoms with E-state index in [1.807, 2.05) is 17.0 Å². The summed E-state index contributed by atoms with van der Waals surface area (Å²) in [6, 6.07) is 11.5. The van der Waals surface area contributed by atoms with Crippen LogP contribution in [0.25, 0.3) is 0 Å². The molecule has 31 heavy (non-hydrogen) atoms. The molecule has 1 aromatic heterocycles. The van der Waals surface area contributed by atoms with Gasteiger partial charge in [0.15, 0.2) is 0 Å². The lowest BCUT2D eigenvalue weighted by molar-refractivity contribution is -0.131. The Bertz CT molecular complexity index is 909. The highest BCUT2D eigenvalue weighted by Gasteiger charge is 2.24. The molecule has 3 N–H and O–H groups in total. The van der Waals surface area contributed by atoms with Crippen molar-refractivity contribution in [3.63, 3.8) is 0 Å². The smallest absolute Gasteiger partial charge is 0.252 e. The van der Waals surface area contributed by atoms with Crippen molar-refractivity contribution in [1.82, 2.24) is 20.5 Å². The minimum absolute atomic E-state index is 0.0917. The molecule has 0 bridgehead atoms. The lowest BCUT2D eigenvalue weighted by Crippen LogP contribution is -2.49. The van der Waals surface area contributed by atoms with Crippen LogP contribution in [0.4, 0.5) is 0 Å². The Kier molecular flexibility index (Phi) is 6.94. The number of aliphatic hydroxyl groups is 1. The molecule has 1 saturated heterocycles. The second-order valence-electron chi connectivity index (χ2n) is 8.39. The van der Waals surface area contributed by atoms with E-state index in [1.54, 1.807) is 12.1 Å². The zero-order valence-electron chi connectivity index (χ0n) is 17.7. The number of rotatable bonds is 6. The number of pyridine rings is 1. The minimum atomic E-state index is -0.688. The topological polar surface area (TPSA) is 94.6 Å². The molecular formula is C24H30N4O3. The lowest BCUT2D eigenvalue weighted by atomic mass is 9.93. The number of carbonyl (C=O) groups excluding carboxylic acids is 2. The molecule has 0 radical (unpaired) electrons. The van der Waals surface area contributed by atoms with E-state index < -0.39 is 6.10 Å². The van der Waals surface area contributed by atoms with Crippen LogP contribution in [0.2, 0.25) is 0 Å². The fourth-order valence-electron chi connectivity index (χ4n) is 4.27. The zero-order valence-corrected chi connectivity index (χ0v) is 17.7. The Morgan fingerprint density at radius 1 is 1.13 bits per heavy atom. The van der Waals surface area contributed by atoms with Gasteiger partial charge in [0.05, 0.1) is 18.1 Å². The summed E-state index contributed by atoms with van der Waals surface area (Å²) in [4.78, 5) is 31.0. The molecule has 3 heterocycles. The molecule has 0 spiro atoms. The van der Waals surface area contributed by atoms with Crippen molar-refractivity contribution in [3.05, 3.63) is 65.0 Å². The molecule has 2 atom stereocenters. The number of benzene rings is 1. The van der Waals surface area contributed by atoms with Crippen LogP contribution in [0, 0.1) is 0 Å². The van der Waals surface area contributed by atoms with Crippen LogP contribution in [0.3, 0.4) is 0 Å². The van der Waals surface area contributed by atoms with Gasteiger partial charge in [-0.3, -0.25) is 14.6 Å². The van der Waals surface area contributed by atoms with Crippen LogP contribution in [-0.2, 0) is 24.2 Å². The average molecular weight is 423 g/mol. The van der Waals surface area contributed by atoms with Crippen LogP contribution in [0.15, 0.2) is 42.6 Å². The fraction of sp³-hybridized carbons (Fsp3) is 0.458. The Hall–Kier alpha value is -2.77. The third-order valence-corrected chi connectivity index (χ3v) is 6.18. The van der Waals surface area contributed by atoms with E-state index in [4.69, 9.17) is 0 Å². The Balaban J connectivity index is 1.25. The molecule has 2 amide bonds. The van der Waals surface area contributed by atoms with E-state index in [-0.39, 0.29) is 30.8 Å². The number of piperidine rings is 1. The molecule has 7 nitrogen and oxygen atoms in total. The normalized spacial score (nSPS) is 19.4. The Morgan fingerprint density at radius 3 is 2.65 bits per heavy atom. The van der Waals surface area contributed by atoms with Gasteiger partial charge < -0.3 is 20.6 Å². The van der Waals surface area contributed by atoms with Gasteiger partial charge in [-0.15, -0.1) is 0 Å². The van der Waals surface area contributed by atoms with E-state index in [2.05, 4.69) is 27.8 Å². The van der Waals surface area contributed by atoms with Crippen molar-refractivity contribution in [2.24, 2.45) is 0 Å². The Morgan fingerprint density at radius 2 is 1.90 bits per heavy atom. The third kappa shape index (κ3) is 5.48. The van der Waals surface area contributed by atoms with E-state index in [0.29, 0.717) is 17.8 Å². The number of nitrogens with zero attached hydrogens (tertiary/aromatic N) is 2. The van der Waals surface area contributed by atoms with Gasteiger partial charge in [-0.05, 0) is 48.9 Å². The predicted octanol–water partition coefficient (Wildman–Crippen LogP) is 1.44. The molecule has 1 aromatic carbocycles.